The number of carbonyl (C=O) groups excluding carboxylic acids is 1. The molecule has 0 aliphatic heterocycles. The molecule has 8 heteroatoms. The SMILES string of the molecule is Cn1c(=NC(=O)c2sc3ccccc3c2Cl)sc2cc(F)cc(F)c21. The second kappa shape index (κ2) is 6.01. The molecule has 0 bridgehead atoms. The fourth-order valence-electron chi connectivity index (χ4n) is 2.60. The van der Waals surface area contributed by atoms with E-state index in [9.17, 15) is 13.6 Å². The van der Waals surface area contributed by atoms with Crippen molar-refractivity contribution in [2.45, 2.75) is 0 Å². The maximum absolute atomic E-state index is 14.0. The molecule has 0 saturated carbocycles. The van der Waals surface area contributed by atoms with Crippen molar-refractivity contribution in [1.29, 1.82) is 0 Å². The Bertz CT molecular complexity index is 1220. The Balaban J connectivity index is 1.89. The molecule has 0 unspecified atom stereocenters. The Morgan fingerprint density at radius 2 is 1.92 bits per heavy atom. The first-order valence-corrected chi connectivity index (χ1v) is 9.17. The van der Waals surface area contributed by atoms with Crippen LogP contribution in [0.4, 0.5) is 8.78 Å². The maximum Gasteiger partial charge on any atom is 0.291 e. The van der Waals surface area contributed by atoms with Crippen LogP contribution in [0.3, 0.4) is 0 Å². The second-order valence-corrected chi connectivity index (χ2v) is 7.78. The van der Waals surface area contributed by atoms with Crippen LogP contribution < -0.4 is 4.80 Å². The van der Waals surface area contributed by atoms with Gasteiger partial charge in [0, 0.05) is 23.2 Å². The van der Waals surface area contributed by atoms with E-state index < -0.39 is 17.5 Å². The molecule has 25 heavy (non-hydrogen) atoms. The number of rotatable bonds is 1. The highest BCUT2D eigenvalue weighted by Gasteiger charge is 2.17. The predicted octanol–water partition coefficient (Wildman–Crippen LogP) is 5.13. The molecule has 0 aliphatic carbocycles. The molecule has 0 radical (unpaired) electrons. The van der Waals surface area contributed by atoms with Gasteiger partial charge < -0.3 is 4.57 Å². The van der Waals surface area contributed by atoms with Crippen LogP contribution in [-0.2, 0) is 7.05 Å². The number of carbonyl (C=O) groups is 1. The quantitative estimate of drug-likeness (QED) is 0.441. The molecule has 2 aromatic carbocycles. The Labute approximate surface area is 153 Å². The lowest BCUT2D eigenvalue weighted by molar-refractivity contribution is 0.100. The van der Waals surface area contributed by atoms with Gasteiger partial charge in [-0.2, -0.15) is 4.99 Å². The molecule has 0 saturated heterocycles. The van der Waals surface area contributed by atoms with Crippen LogP contribution in [0, 0.1) is 11.6 Å². The number of thiophene rings is 1. The van der Waals surface area contributed by atoms with Gasteiger partial charge in [-0.3, -0.25) is 4.79 Å². The van der Waals surface area contributed by atoms with Gasteiger partial charge in [-0.1, -0.05) is 41.1 Å². The number of aromatic nitrogens is 1. The van der Waals surface area contributed by atoms with E-state index in [4.69, 9.17) is 11.6 Å². The first-order chi connectivity index (χ1) is 12.0. The van der Waals surface area contributed by atoms with Gasteiger partial charge in [-0.05, 0) is 12.1 Å². The molecule has 2 aromatic heterocycles. The lowest BCUT2D eigenvalue weighted by atomic mass is 10.2. The number of hydrogen-bond acceptors (Lipinski definition) is 3. The van der Waals surface area contributed by atoms with Crippen LogP contribution in [0.2, 0.25) is 5.02 Å². The van der Waals surface area contributed by atoms with Gasteiger partial charge in [0.1, 0.15) is 10.7 Å². The molecule has 0 aliphatic rings. The third kappa shape index (κ3) is 2.68. The van der Waals surface area contributed by atoms with Crippen molar-refractivity contribution in [2.24, 2.45) is 12.0 Å². The van der Waals surface area contributed by atoms with Crippen molar-refractivity contribution in [3.8, 4) is 0 Å². The fraction of sp³-hybridized carbons (Fsp3) is 0.0588. The summed E-state index contributed by atoms with van der Waals surface area (Å²) in [7, 11) is 1.58. The molecule has 2 heterocycles. The lowest BCUT2D eigenvalue weighted by Crippen LogP contribution is -2.13. The number of hydrogen-bond donors (Lipinski definition) is 0. The van der Waals surface area contributed by atoms with Crippen LogP contribution in [0.1, 0.15) is 9.67 Å². The van der Waals surface area contributed by atoms with E-state index in [-0.39, 0.29) is 10.3 Å². The summed E-state index contributed by atoms with van der Waals surface area (Å²) in [5.74, 6) is -1.87. The zero-order valence-electron chi connectivity index (χ0n) is 12.7. The molecule has 0 spiro atoms. The molecule has 126 valence electrons. The van der Waals surface area contributed by atoms with E-state index in [2.05, 4.69) is 4.99 Å². The zero-order valence-corrected chi connectivity index (χ0v) is 15.1. The molecule has 4 rings (SSSR count). The molecule has 4 aromatic rings. The average Bonchev–Trinajstić information content (AvgIpc) is 3.06. The van der Waals surface area contributed by atoms with Crippen LogP contribution in [0.25, 0.3) is 20.3 Å². The van der Waals surface area contributed by atoms with E-state index >= 15 is 0 Å². The molecular weight excluding hydrogens is 386 g/mol. The number of aryl methyl sites for hydroxylation is 1. The Morgan fingerprint density at radius 1 is 1.16 bits per heavy atom. The lowest BCUT2D eigenvalue weighted by Gasteiger charge is -1.97. The van der Waals surface area contributed by atoms with Gasteiger partial charge in [0.05, 0.1) is 15.2 Å². The van der Waals surface area contributed by atoms with E-state index in [0.717, 1.165) is 27.5 Å². The molecule has 0 fully saturated rings. The van der Waals surface area contributed by atoms with Crippen molar-refractivity contribution < 1.29 is 13.6 Å². The highest BCUT2D eigenvalue weighted by Crippen LogP contribution is 2.35. The highest BCUT2D eigenvalue weighted by atomic mass is 35.5. The van der Waals surface area contributed by atoms with Crippen molar-refractivity contribution >= 4 is 60.5 Å². The summed E-state index contributed by atoms with van der Waals surface area (Å²) >= 11 is 8.60. The van der Waals surface area contributed by atoms with Crippen LogP contribution in [-0.4, -0.2) is 10.5 Å². The van der Waals surface area contributed by atoms with Gasteiger partial charge in [0.15, 0.2) is 10.6 Å². The molecule has 1 amide bonds. The molecule has 3 nitrogen and oxygen atoms in total. The minimum absolute atomic E-state index is 0.209. The Kier molecular flexibility index (Phi) is 3.94. The predicted molar refractivity (Wildman–Crippen MR) is 97.4 cm³/mol. The number of halogens is 3. The van der Waals surface area contributed by atoms with Crippen LogP contribution in [0.15, 0.2) is 41.4 Å². The number of nitrogens with zero attached hydrogens (tertiary/aromatic N) is 2. The van der Waals surface area contributed by atoms with Crippen LogP contribution in [0.5, 0.6) is 0 Å². The number of amides is 1. The monoisotopic (exact) mass is 394 g/mol. The van der Waals surface area contributed by atoms with E-state index in [1.807, 2.05) is 24.3 Å². The second-order valence-electron chi connectivity index (χ2n) is 5.34. The summed E-state index contributed by atoms with van der Waals surface area (Å²) in [6, 6.07) is 9.45. The highest BCUT2D eigenvalue weighted by molar-refractivity contribution is 7.21. The first kappa shape index (κ1) is 16.4. The van der Waals surface area contributed by atoms with Gasteiger partial charge in [0.25, 0.3) is 5.91 Å². The zero-order chi connectivity index (χ0) is 17.7. The van der Waals surface area contributed by atoms with Crippen LogP contribution >= 0.6 is 34.3 Å². The van der Waals surface area contributed by atoms with Crippen molar-refractivity contribution in [1.82, 2.24) is 4.57 Å². The molecule has 0 atom stereocenters. The number of thiazole rings is 1. The topological polar surface area (TPSA) is 34.4 Å². The average molecular weight is 395 g/mol. The minimum Gasteiger partial charge on any atom is -0.317 e. The van der Waals surface area contributed by atoms with E-state index in [1.54, 1.807) is 7.05 Å². The van der Waals surface area contributed by atoms with E-state index in [0.29, 0.717) is 14.6 Å². The van der Waals surface area contributed by atoms with Gasteiger partial charge >= 0.3 is 0 Å². The normalized spacial score (nSPS) is 12.4. The summed E-state index contributed by atoms with van der Waals surface area (Å²) < 4.78 is 30.1. The Hall–Kier alpha value is -2.09. The van der Waals surface area contributed by atoms with E-state index in [1.165, 1.54) is 22.0 Å². The number of benzene rings is 2. The number of fused-ring (bicyclic) bond motifs is 2. The van der Waals surface area contributed by atoms with Gasteiger partial charge in [-0.25, -0.2) is 8.78 Å². The minimum atomic E-state index is -0.692. The standard InChI is InChI=1S/C17H9ClF2N2OS2/c1-22-14-10(20)6-8(19)7-12(14)25-17(22)21-16(23)15-13(18)9-4-2-3-5-11(9)24-15/h2-7H,1H3. The third-order valence-corrected chi connectivity index (χ3v) is 6.49. The fourth-order valence-corrected chi connectivity index (χ4v) is 5.05. The van der Waals surface area contributed by atoms with Gasteiger partial charge in [0.2, 0.25) is 0 Å². The third-order valence-electron chi connectivity index (χ3n) is 3.74. The van der Waals surface area contributed by atoms with Crippen molar-refractivity contribution in [3.05, 3.63) is 62.7 Å². The largest absolute Gasteiger partial charge is 0.317 e. The summed E-state index contributed by atoms with van der Waals surface area (Å²) in [5.41, 5.74) is 0.209. The first-order valence-electron chi connectivity index (χ1n) is 7.16. The van der Waals surface area contributed by atoms with Gasteiger partial charge in [-0.15, -0.1) is 11.3 Å². The maximum atomic E-state index is 14.0. The van der Waals surface area contributed by atoms with Crippen molar-refractivity contribution in [3.63, 3.8) is 0 Å². The summed E-state index contributed by atoms with van der Waals surface area (Å²) in [5, 5.41) is 1.15. The molecule has 0 N–H and O–H groups in total. The van der Waals surface area contributed by atoms with Crippen molar-refractivity contribution in [2.75, 3.05) is 0 Å². The molecular formula is C17H9ClF2N2OS2. The smallest absolute Gasteiger partial charge is 0.291 e. The summed E-state index contributed by atoms with van der Waals surface area (Å²) in [4.78, 5) is 17.2. The summed E-state index contributed by atoms with van der Waals surface area (Å²) in [6.45, 7) is 0. The summed E-state index contributed by atoms with van der Waals surface area (Å²) in [6.07, 6.45) is 0. The Morgan fingerprint density at radius 3 is 2.68 bits per heavy atom.